The van der Waals surface area contributed by atoms with Gasteiger partial charge in [-0.15, -0.1) is 0 Å². The normalized spacial score (nSPS) is 14.4. The zero-order valence-electron chi connectivity index (χ0n) is 13.6. The fourth-order valence-corrected chi connectivity index (χ4v) is 3.31. The summed E-state index contributed by atoms with van der Waals surface area (Å²) in [5.74, 6) is -0.262. The summed E-state index contributed by atoms with van der Waals surface area (Å²) in [5.41, 5.74) is 1.08. The fourth-order valence-electron chi connectivity index (χ4n) is 1.94. The van der Waals surface area contributed by atoms with Gasteiger partial charge in [-0.3, -0.25) is 0 Å². The molecule has 0 saturated carbocycles. The van der Waals surface area contributed by atoms with Crippen LogP contribution in [-0.2, 0) is 15.3 Å². The molecular formula is C16H27NO3S. The lowest BCUT2D eigenvalue weighted by Gasteiger charge is -2.19. The predicted octanol–water partition coefficient (Wildman–Crippen LogP) is 2.12. The van der Waals surface area contributed by atoms with Crippen LogP contribution in [0.2, 0.25) is 0 Å². The third kappa shape index (κ3) is 5.77. The van der Waals surface area contributed by atoms with Gasteiger partial charge in [-0.1, -0.05) is 46.8 Å². The van der Waals surface area contributed by atoms with Gasteiger partial charge in [0.2, 0.25) is 0 Å². The van der Waals surface area contributed by atoms with Crippen LogP contribution in [0.25, 0.3) is 0 Å². The molecule has 2 N–H and O–H groups in total. The van der Waals surface area contributed by atoms with Crippen molar-refractivity contribution in [1.82, 2.24) is 5.32 Å². The summed E-state index contributed by atoms with van der Waals surface area (Å²) >= 11 is 0. The van der Waals surface area contributed by atoms with Gasteiger partial charge in [0.25, 0.3) is 0 Å². The number of rotatable bonds is 6. The van der Waals surface area contributed by atoms with Crippen molar-refractivity contribution in [2.24, 2.45) is 0 Å². The first-order chi connectivity index (χ1) is 9.52. The van der Waals surface area contributed by atoms with Gasteiger partial charge < -0.3 is 10.4 Å². The van der Waals surface area contributed by atoms with E-state index in [2.05, 4.69) is 26.1 Å². The molecule has 0 bridgehead atoms. The Morgan fingerprint density at radius 2 is 1.67 bits per heavy atom. The van der Waals surface area contributed by atoms with E-state index in [0.717, 1.165) is 5.56 Å². The molecule has 0 saturated heterocycles. The van der Waals surface area contributed by atoms with Gasteiger partial charge in [0.05, 0.1) is 16.8 Å². The fraction of sp³-hybridized carbons (Fsp3) is 0.625. The van der Waals surface area contributed by atoms with Crippen molar-refractivity contribution in [2.45, 2.75) is 57.1 Å². The van der Waals surface area contributed by atoms with Crippen LogP contribution < -0.4 is 5.32 Å². The highest BCUT2D eigenvalue weighted by Gasteiger charge is 2.21. The molecule has 0 spiro atoms. The third-order valence-electron chi connectivity index (χ3n) is 3.25. The number of aliphatic hydroxyl groups is 1. The highest BCUT2D eigenvalue weighted by molar-refractivity contribution is 7.91. The molecule has 5 heteroatoms. The van der Waals surface area contributed by atoms with Crippen LogP contribution in [0.3, 0.4) is 0 Å². The van der Waals surface area contributed by atoms with E-state index in [-0.39, 0.29) is 28.6 Å². The Labute approximate surface area is 128 Å². The Balaban J connectivity index is 2.79. The van der Waals surface area contributed by atoms with Crippen molar-refractivity contribution >= 4 is 9.84 Å². The Hall–Kier alpha value is -0.910. The molecule has 1 aromatic rings. The monoisotopic (exact) mass is 313 g/mol. The van der Waals surface area contributed by atoms with E-state index in [1.165, 1.54) is 0 Å². The zero-order chi connectivity index (χ0) is 16.3. The van der Waals surface area contributed by atoms with Crippen LogP contribution in [0.4, 0.5) is 0 Å². The average molecular weight is 313 g/mol. The van der Waals surface area contributed by atoms with Crippen LogP contribution in [0.15, 0.2) is 29.2 Å². The van der Waals surface area contributed by atoms with Crippen molar-refractivity contribution in [1.29, 1.82) is 0 Å². The maximum absolute atomic E-state index is 12.3. The molecule has 4 nitrogen and oxygen atoms in total. The molecule has 0 amide bonds. The predicted molar refractivity (Wildman–Crippen MR) is 86.3 cm³/mol. The minimum absolute atomic E-state index is 0.0109. The van der Waals surface area contributed by atoms with Gasteiger partial charge in [-0.2, -0.15) is 0 Å². The Morgan fingerprint density at radius 1 is 1.14 bits per heavy atom. The molecule has 120 valence electrons. The van der Waals surface area contributed by atoms with E-state index in [9.17, 15) is 13.5 Å². The van der Waals surface area contributed by atoms with Crippen LogP contribution in [0.5, 0.6) is 0 Å². The molecule has 0 aromatic heterocycles. The van der Waals surface area contributed by atoms with E-state index in [1.54, 1.807) is 12.1 Å². The molecule has 1 atom stereocenters. The molecule has 0 radical (unpaired) electrons. The summed E-state index contributed by atoms with van der Waals surface area (Å²) in [6.07, 6.45) is -0.903. The van der Waals surface area contributed by atoms with Crippen LogP contribution in [-0.4, -0.2) is 38.0 Å². The molecule has 0 aliphatic heterocycles. The summed E-state index contributed by atoms with van der Waals surface area (Å²) in [5, 5.41) is 12.9. The second-order valence-electron chi connectivity index (χ2n) is 6.77. The molecular weight excluding hydrogens is 286 g/mol. The van der Waals surface area contributed by atoms with Gasteiger partial charge in [0.1, 0.15) is 0 Å². The van der Waals surface area contributed by atoms with E-state index >= 15 is 0 Å². The van der Waals surface area contributed by atoms with Gasteiger partial charge in [0.15, 0.2) is 9.84 Å². The lowest BCUT2D eigenvalue weighted by atomic mass is 9.87. The Morgan fingerprint density at radius 3 is 2.10 bits per heavy atom. The summed E-state index contributed by atoms with van der Waals surface area (Å²) in [6, 6.07) is 7.14. The molecule has 0 fully saturated rings. The second kappa shape index (κ2) is 6.90. The maximum Gasteiger partial charge on any atom is 0.180 e. The van der Waals surface area contributed by atoms with Crippen molar-refractivity contribution in [2.75, 3.05) is 12.3 Å². The van der Waals surface area contributed by atoms with Crippen molar-refractivity contribution in [3.05, 3.63) is 29.8 Å². The molecule has 0 aliphatic carbocycles. The first-order valence-electron chi connectivity index (χ1n) is 7.27. The van der Waals surface area contributed by atoms with Gasteiger partial charge in [0, 0.05) is 12.6 Å². The van der Waals surface area contributed by atoms with Gasteiger partial charge in [-0.25, -0.2) is 8.42 Å². The minimum atomic E-state index is -3.46. The van der Waals surface area contributed by atoms with E-state index in [1.807, 2.05) is 26.0 Å². The van der Waals surface area contributed by atoms with Crippen molar-refractivity contribution in [3.8, 4) is 0 Å². The molecule has 0 heterocycles. The topological polar surface area (TPSA) is 66.4 Å². The maximum atomic E-state index is 12.3. The molecule has 1 rings (SSSR count). The van der Waals surface area contributed by atoms with Crippen molar-refractivity contribution in [3.63, 3.8) is 0 Å². The molecule has 1 aromatic carbocycles. The molecule has 1 unspecified atom stereocenters. The summed E-state index contributed by atoms with van der Waals surface area (Å²) in [7, 11) is -3.46. The lowest BCUT2D eigenvalue weighted by molar-refractivity contribution is 0.190. The minimum Gasteiger partial charge on any atom is -0.391 e. The second-order valence-corrected chi connectivity index (χ2v) is 8.81. The SMILES string of the molecule is CC(C)NCC(O)CS(=O)(=O)c1ccc(C(C)(C)C)cc1. The summed E-state index contributed by atoms with van der Waals surface area (Å²) in [6.45, 7) is 10.4. The van der Waals surface area contributed by atoms with Gasteiger partial charge in [-0.05, 0) is 23.1 Å². The van der Waals surface area contributed by atoms with Crippen LogP contribution >= 0.6 is 0 Å². The number of aliphatic hydroxyl groups excluding tert-OH is 1. The molecule has 0 aliphatic rings. The quantitative estimate of drug-likeness (QED) is 0.844. The largest absolute Gasteiger partial charge is 0.391 e. The number of nitrogens with one attached hydrogen (secondary N) is 1. The Kier molecular flexibility index (Phi) is 5.96. The average Bonchev–Trinajstić information content (AvgIpc) is 2.35. The van der Waals surface area contributed by atoms with Crippen LogP contribution in [0.1, 0.15) is 40.2 Å². The number of benzene rings is 1. The Bertz CT molecular complexity index is 542. The third-order valence-corrected chi connectivity index (χ3v) is 5.07. The van der Waals surface area contributed by atoms with E-state index in [0.29, 0.717) is 0 Å². The number of hydrogen-bond donors (Lipinski definition) is 2. The van der Waals surface area contributed by atoms with Crippen LogP contribution in [0, 0.1) is 0 Å². The summed E-state index contributed by atoms with van der Waals surface area (Å²) in [4.78, 5) is 0.263. The van der Waals surface area contributed by atoms with Gasteiger partial charge >= 0.3 is 0 Å². The smallest absolute Gasteiger partial charge is 0.180 e. The van der Waals surface area contributed by atoms with E-state index < -0.39 is 15.9 Å². The standard InChI is InChI=1S/C16H27NO3S/c1-12(2)17-10-14(18)11-21(19,20)15-8-6-13(7-9-15)16(3,4)5/h6-9,12,14,17-18H,10-11H2,1-5H3. The lowest BCUT2D eigenvalue weighted by Crippen LogP contribution is -2.35. The number of hydrogen-bond acceptors (Lipinski definition) is 4. The molecule has 21 heavy (non-hydrogen) atoms. The zero-order valence-corrected chi connectivity index (χ0v) is 14.4. The van der Waals surface area contributed by atoms with Crippen molar-refractivity contribution < 1.29 is 13.5 Å². The first-order valence-corrected chi connectivity index (χ1v) is 8.92. The highest BCUT2D eigenvalue weighted by Crippen LogP contribution is 2.23. The highest BCUT2D eigenvalue weighted by atomic mass is 32.2. The first kappa shape index (κ1) is 18.1. The van der Waals surface area contributed by atoms with E-state index in [4.69, 9.17) is 0 Å². The summed E-state index contributed by atoms with van der Waals surface area (Å²) < 4.78 is 24.5. The number of sulfone groups is 1.